The van der Waals surface area contributed by atoms with Crippen LogP contribution in [0.3, 0.4) is 0 Å². The summed E-state index contributed by atoms with van der Waals surface area (Å²) in [7, 11) is 1.33. The molecule has 32 heavy (non-hydrogen) atoms. The molecule has 0 aliphatic heterocycles. The summed E-state index contributed by atoms with van der Waals surface area (Å²) >= 11 is 0. The molecule has 0 atom stereocenters. The van der Waals surface area contributed by atoms with Crippen LogP contribution < -0.4 is 20.1 Å². The van der Waals surface area contributed by atoms with Gasteiger partial charge in [-0.1, -0.05) is 24.3 Å². The van der Waals surface area contributed by atoms with Gasteiger partial charge in [-0.15, -0.1) is 0 Å². The molecule has 0 saturated heterocycles. The molecule has 0 fully saturated rings. The minimum atomic E-state index is -3.02. The largest absolute Gasteiger partial charge is 0.493 e. The highest BCUT2D eigenvalue weighted by Gasteiger charge is 2.16. The molecule has 0 unspecified atom stereocenters. The van der Waals surface area contributed by atoms with Crippen molar-refractivity contribution in [3.05, 3.63) is 89.5 Å². The van der Waals surface area contributed by atoms with Gasteiger partial charge in [0.05, 0.1) is 13.4 Å². The first-order chi connectivity index (χ1) is 15.5. The number of carbonyl (C=O) groups is 2. The fourth-order valence-corrected chi connectivity index (χ4v) is 2.75. The highest BCUT2D eigenvalue weighted by Crippen LogP contribution is 2.29. The van der Waals surface area contributed by atoms with Gasteiger partial charge >= 0.3 is 6.61 Å². The van der Waals surface area contributed by atoms with Gasteiger partial charge < -0.3 is 24.5 Å². The van der Waals surface area contributed by atoms with E-state index in [2.05, 4.69) is 15.4 Å². The number of alkyl halides is 2. The maximum atomic E-state index is 12.8. The highest BCUT2D eigenvalue weighted by molar-refractivity contribution is 6.05. The van der Waals surface area contributed by atoms with Crippen LogP contribution in [0, 0.1) is 0 Å². The van der Waals surface area contributed by atoms with Crippen LogP contribution in [-0.4, -0.2) is 25.5 Å². The summed E-state index contributed by atoms with van der Waals surface area (Å²) < 4.78 is 39.9. The van der Waals surface area contributed by atoms with E-state index >= 15 is 0 Å². The van der Waals surface area contributed by atoms with Gasteiger partial charge in [-0.3, -0.25) is 9.59 Å². The molecule has 3 rings (SSSR count). The average Bonchev–Trinajstić information content (AvgIpc) is 3.30. The Morgan fingerprint density at radius 2 is 1.84 bits per heavy atom. The van der Waals surface area contributed by atoms with Crippen molar-refractivity contribution in [3.63, 3.8) is 0 Å². The summed E-state index contributed by atoms with van der Waals surface area (Å²) in [5, 5.41) is 5.21. The molecular weight excluding hydrogens is 422 g/mol. The van der Waals surface area contributed by atoms with E-state index in [1.54, 1.807) is 48.5 Å². The van der Waals surface area contributed by atoms with E-state index in [1.165, 1.54) is 31.6 Å². The number of hydrogen-bond donors (Lipinski definition) is 2. The second-order valence-electron chi connectivity index (χ2n) is 6.44. The Hall–Kier alpha value is -4.14. The molecule has 1 heterocycles. The summed E-state index contributed by atoms with van der Waals surface area (Å²) in [5.74, 6) is -0.735. The van der Waals surface area contributed by atoms with Crippen LogP contribution in [-0.2, 0) is 11.3 Å². The predicted octanol–water partition coefficient (Wildman–Crippen LogP) is 3.98. The second kappa shape index (κ2) is 10.8. The molecule has 7 nitrogen and oxygen atoms in total. The van der Waals surface area contributed by atoms with Gasteiger partial charge in [-0.2, -0.15) is 8.78 Å². The quantitative estimate of drug-likeness (QED) is 0.490. The lowest BCUT2D eigenvalue weighted by Crippen LogP contribution is -2.34. The van der Waals surface area contributed by atoms with Crippen molar-refractivity contribution < 1.29 is 32.3 Å². The van der Waals surface area contributed by atoms with Gasteiger partial charge in [-0.05, 0) is 42.0 Å². The molecule has 3 aromatic rings. The summed E-state index contributed by atoms with van der Waals surface area (Å²) in [5.41, 5.74) is 0.808. The number of carbonyl (C=O) groups excluding carboxylic acids is 2. The smallest absolute Gasteiger partial charge is 0.387 e. The Morgan fingerprint density at radius 3 is 2.50 bits per heavy atom. The zero-order valence-corrected chi connectivity index (χ0v) is 17.0. The van der Waals surface area contributed by atoms with Gasteiger partial charge in [0.1, 0.15) is 11.5 Å². The Bertz CT molecular complexity index is 1080. The lowest BCUT2D eigenvalue weighted by molar-refractivity contribution is -0.117. The van der Waals surface area contributed by atoms with Crippen molar-refractivity contribution in [2.75, 3.05) is 7.11 Å². The number of halogens is 2. The summed E-state index contributed by atoms with van der Waals surface area (Å²) in [6.07, 6.45) is 2.82. The van der Waals surface area contributed by atoms with Crippen LogP contribution >= 0.6 is 0 Å². The normalized spacial score (nSPS) is 11.2. The standard InChI is InChI=1S/C23H20F2N2O5/c1-30-19-10-9-15(12-20(19)32-23(24)25)14-26-22(29)18(13-17-8-5-11-31-17)27-21(28)16-6-3-2-4-7-16/h2-13,23H,14H2,1H3,(H,26,29)(H,27,28). The van der Waals surface area contributed by atoms with Gasteiger partial charge in [0.2, 0.25) is 0 Å². The lowest BCUT2D eigenvalue weighted by Gasteiger charge is -2.13. The van der Waals surface area contributed by atoms with Gasteiger partial charge in [-0.25, -0.2) is 0 Å². The number of hydrogen-bond acceptors (Lipinski definition) is 5. The molecule has 0 saturated carbocycles. The molecule has 9 heteroatoms. The Labute approximate surface area is 182 Å². The van der Waals surface area contributed by atoms with Crippen molar-refractivity contribution >= 4 is 17.9 Å². The number of nitrogens with one attached hydrogen (secondary N) is 2. The topological polar surface area (TPSA) is 89.8 Å². The van der Waals surface area contributed by atoms with Gasteiger partial charge in [0.25, 0.3) is 11.8 Å². The first-order valence-corrected chi connectivity index (χ1v) is 9.48. The molecule has 0 aliphatic carbocycles. The Kier molecular flexibility index (Phi) is 7.58. The molecule has 2 N–H and O–H groups in total. The molecule has 0 radical (unpaired) electrons. The minimum Gasteiger partial charge on any atom is -0.493 e. The molecule has 2 aromatic carbocycles. The summed E-state index contributed by atoms with van der Waals surface area (Å²) in [4.78, 5) is 25.3. The Balaban J connectivity index is 1.75. The van der Waals surface area contributed by atoms with Gasteiger partial charge in [0, 0.05) is 18.2 Å². The van der Waals surface area contributed by atoms with E-state index in [-0.39, 0.29) is 23.7 Å². The van der Waals surface area contributed by atoms with E-state index in [0.717, 1.165) is 0 Å². The third-order valence-corrected chi connectivity index (χ3v) is 4.26. The maximum absolute atomic E-state index is 12.8. The van der Waals surface area contributed by atoms with E-state index in [4.69, 9.17) is 9.15 Å². The van der Waals surface area contributed by atoms with Crippen LogP contribution in [0.5, 0.6) is 11.5 Å². The third-order valence-electron chi connectivity index (χ3n) is 4.26. The third kappa shape index (κ3) is 6.18. The molecule has 0 spiro atoms. The first kappa shape index (κ1) is 22.5. The average molecular weight is 442 g/mol. The molecular formula is C23H20F2N2O5. The molecule has 0 bridgehead atoms. The van der Waals surface area contributed by atoms with Crippen LogP contribution in [0.2, 0.25) is 0 Å². The van der Waals surface area contributed by atoms with Gasteiger partial charge in [0.15, 0.2) is 11.5 Å². The highest BCUT2D eigenvalue weighted by atomic mass is 19.3. The molecule has 1 aromatic heterocycles. The van der Waals surface area contributed by atoms with Crippen molar-refractivity contribution in [1.82, 2.24) is 10.6 Å². The van der Waals surface area contributed by atoms with Crippen LogP contribution in [0.1, 0.15) is 21.7 Å². The van der Waals surface area contributed by atoms with E-state index in [0.29, 0.717) is 16.9 Å². The van der Waals surface area contributed by atoms with E-state index < -0.39 is 18.4 Å². The molecule has 2 amide bonds. The molecule has 0 aliphatic rings. The van der Waals surface area contributed by atoms with Crippen molar-refractivity contribution in [1.29, 1.82) is 0 Å². The number of benzene rings is 2. The lowest BCUT2D eigenvalue weighted by atomic mass is 10.2. The monoisotopic (exact) mass is 442 g/mol. The van der Waals surface area contributed by atoms with E-state index in [9.17, 15) is 18.4 Å². The van der Waals surface area contributed by atoms with E-state index in [1.807, 2.05) is 0 Å². The number of amides is 2. The van der Waals surface area contributed by atoms with Crippen molar-refractivity contribution in [2.45, 2.75) is 13.2 Å². The summed E-state index contributed by atoms with van der Waals surface area (Å²) in [6.45, 7) is -3.04. The Morgan fingerprint density at radius 1 is 1.06 bits per heavy atom. The number of methoxy groups -OCH3 is 1. The fraction of sp³-hybridized carbons (Fsp3) is 0.130. The minimum absolute atomic E-state index is 0.0148. The van der Waals surface area contributed by atoms with Crippen molar-refractivity contribution in [2.24, 2.45) is 0 Å². The second-order valence-corrected chi connectivity index (χ2v) is 6.44. The zero-order chi connectivity index (χ0) is 22.9. The predicted molar refractivity (Wildman–Crippen MR) is 112 cm³/mol. The maximum Gasteiger partial charge on any atom is 0.387 e. The summed E-state index contributed by atoms with van der Waals surface area (Å²) in [6, 6.07) is 16.0. The first-order valence-electron chi connectivity index (χ1n) is 9.48. The number of ether oxygens (including phenoxy) is 2. The molecule has 166 valence electrons. The number of rotatable bonds is 9. The fourth-order valence-electron chi connectivity index (χ4n) is 2.75. The van der Waals surface area contributed by atoms with Crippen LogP contribution in [0.4, 0.5) is 8.78 Å². The SMILES string of the molecule is COc1ccc(CNC(=O)C(=Cc2ccco2)NC(=O)c2ccccc2)cc1OC(F)F. The van der Waals surface area contributed by atoms with Crippen LogP contribution in [0.15, 0.2) is 77.0 Å². The zero-order valence-electron chi connectivity index (χ0n) is 17.0. The van der Waals surface area contributed by atoms with Crippen molar-refractivity contribution in [3.8, 4) is 11.5 Å². The number of furan rings is 1. The van der Waals surface area contributed by atoms with Crippen LogP contribution in [0.25, 0.3) is 6.08 Å².